The molecule has 0 bridgehead atoms. The molecule has 1 aliphatic heterocycles. The number of hydrogen-bond acceptors (Lipinski definition) is 4. The van der Waals surface area contributed by atoms with E-state index in [0.29, 0.717) is 35.1 Å². The molecule has 2 aromatic heterocycles. The fourth-order valence-corrected chi connectivity index (χ4v) is 4.95. The molecule has 0 aliphatic carbocycles. The van der Waals surface area contributed by atoms with E-state index in [1.165, 1.54) is 40.5 Å². The van der Waals surface area contributed by atoms with Crippen LogP contribution in [0.4, 0.5) is 15.8 Å². The first kappa shape index (κ1) is 23.0. The van der Waals surface area contributed by atoms with Crippen LogP contribution >= 0.6 is 22.9 Å². The van der Waals surface area contributed by atoms with E-state index in [2.05, 4.69) is 5.32 Å². The third-order valence-electron chi connectivity index (χ3n) is 5.56. The zero-order chi connectivity index (χ0) is 24.4. The van der Waals surface area contributed by atoms with E-state index in [1.54, 1.807) is 16.8 Å². The first-order valence-electron chi connectivity index (χ1n) is 11.0. The SMILES string of the molecule is O=C(/C=C/c1cn(-c2ccccc2)nc1-c1ccc(Cl)s1)Nc1ccc(F)c(N2CCCC2=O)c1. The first-order chi connectivity index (χ1) is 17.0. The number of halogens is 2. The molecule has 3 heterocycles. The Labute approximate surface area is 210 Å². The summed E-state index contributed by atoms with van der Waals surface area (Å²) >= 11 is 7.54. The number of carbonyl (C=O) groups excluding carboxylic acids is 2. The van der Waals surface area contributed by atoms with Crippen LogP contribution in [0.15, 0.2) is 72.9 Å². The number of benzene rings is 2. The normalized spacial score (nSPS) is 13.7. The van der Waals surface area contributed by atoms with E-state index in [4.69, 9.17) is 16.7 Å². The van der Waals surface area contributed by atoms with E-state index in [0.717, 1.165) is 16.1 Å². The summed E-state index contributed by atoms with van der Waals surface area (Å²) in [6.45, 7) is 0.466. The summed E-state index contributed by atoms with van der Waals surface area (Å²) in [4.78, 5) is 27.0. The molecule has 5 rings (SSSR count). The molecule has 4 aromatic rings. The number of para-hydroxylation sites is 1. The first-order valence-corrected chi connectivity index (χ1v) is 12.2. The van der Waals surface area contributed by atoms with Gasteiger partial charge >= 0.3 is 0 Å². The maximum Gasteiger partial charge on any atom is 0.248 e. The standard InChI is InChI=1S/C26H20ClFN4O2S/c27-23-12-11-22(35-23)26-17(16-32(30-26)19-5-2-1-3-6-19)8-13-24(33)29-18-9-10-20(28)21(15-18)31-14-4-7-25(31)34/h1-3,5-6,8-13,15-16H,4,7,14H2,(H,29,33)/b13-8+. The number of carbonyl (C=O) groups is 2. The molecular formula is C26H20ClFN4O2S. The monoisotopic (exact) mass is 506 g/mol. The van der Waals surface area contributed by atoms with Crippen molar-refractivity contribution in [2.45, 2.75) is 12.8 Å². The minimum atomic E-state index is -0.499. The third-order valence-corrected chi connectivity index (χ3v) is 6.80. The van der Waals surface area contributed by atoms with Crippen LogP contribution in [0, 0.1) is 5.82 Å². The quantitative estimate of drug-likeness (QED) is 0.318. The van der Waals surface area contributed by atoms with Gasteiger partial charge in [-0.2, -0.15) is 5.10 Å². The van der Waals surface area contributed by atoms with E-state index in [9.17, 15) is 14.0 Å². The summed E-state index contributed by atoms with van der Waals surface area (Å²) < 4.78 is 16.7. The minimum Gasteiger partial charge on any atom is -0.322 e. The summed E-state index contributed by atoms with van der Waals surface area (Å²) in [5.41, 5.74) is 2.91. The lowest BCUT2D eigenvalue weighted by Crippen LogP contribution is -2.25. The Hall–Kier alpha value is -3.75. The van der Waals surface area contributed by atoms with Gasteiger partial charge in [-0.15, -0.1) is 11.3 Å². The van der Waals surface area contributed by atoms with Gasteiger partial charge in [-0.05, 0) is 55.0 Å². The van der Waals surface area contributed by atoms with Crippen molar-refractivity contribution >= 4 is 52.2 Å². The van der Waals surface area contributed by atoms with Gasteiger partial charge in [0, 0.05) is 36.5 Å². The molecule has 2 amide bonds. The maximum absolute atomic E-state index is 14.3. The van der Waals surface area contributed by atoms with Crippen LogP contribution in [0.2, 0.25) is 4.34 Å². The molecule has 35 heavy (non-hydrogen) atoms. The van der Waals surface area contributed by atoms with Crippen molar-refractivity contribution in [2.24, 2.45) is 0 Å². The largest absolute Gasteiger partial charge is 0.322 e. The second kappa shape index (κ2) is 9.85. The average Bonchev–Trinajstić information content (AvgIpc) is 3.59. The van der Waals surface area contributed by atoms with Gasteiger partial charge in [0.05, 0.1) is 20.6 Å². The fourth-order valence-electron chi connectivity index (χ4n) is 3.90. The van der Waals surface area contributed by atoms with Gasteiger partial charge in [0.1, 0.15) is 11.5 Å². The predicted octanol–water partition coefficient (Wildman–Crippen LogP) is 6.17. The second-order valence-corrected chi connectivity index (χ2v) is 9.67. The number of amides is 2. The highest BCUT2D eigenvalue weighted by Gasteiger charge is 2.24. The van der Waals surface area contributed by atoms with Crippen molar-refractivity contribution in [1.29, 1.82) is 0 Å². The Morgan fingerprint density at radius 3 is 2.69 bits per heavy atom. The zero-order valence-electron chi connectivity index (χ0n) is 18.4. The number of nitrogens with zero attached hydrogens (tertiary/aromatic N) is 3. The van der Waals surface area contributed by atoms with E-state index in [1.807, 2.05) is 42.6 Å². The van der Waals surface area contributed by atoms with Crippen molar-refractivity contribution in [3.8, 4) is 16.3 Å². The van der Waals surface area contributed by atoms with Crippen LogP contribution in [-0.4, -0.2) is 28.1 Å². The number of anilines is 2. The summed E-state index contributed by atoms with van der Waals surface area (Å²) in [5.74, 6) is -1.01. The molecule has 0 saturated carbocycles. The van der Waals surface area contributed by atoms with Gasteiger partial charge in [0.2, 0.25) is 11.8 Å². The number of thiophene rings is 1. The molecular weight excluding hydrogens is 487 g/mol. The predicted molar refractivity (Wildman–Crippen MR) is 138 cm³/mol. The Morgan fingerprint density at radius 1 is 1.14 bits per heavy atom. The Bertz CT molecular complexity index is 1430. The highest BCUT2D eigenvalue weighted by molar-refractivity contribution is 7.19. The highest BCUT2D eigenvalue weighted by Crippen LogP contribution is 2.33. The fraction of sp³-hybridized carbons (Fsp3) is 0.115. The van der Waals surface area contributed by atoms with Gasteiger partial charge in [0.15, 0.2) is 0 Å². The summed E-state index contributed by atoms with van der Waals surface area (Å²) in [7, 11) is 0. The summed E-state index contributed by atoms with van der Waals surface area (Å²) in [6, 6.07) is 17.6. The number of aromatic nitrogens is 2. The van der Waals surface area contributed by atoms with Gasteiger partial charge in [0.25, 0.3) is 0 Å². The minimum absolute atomic E-state index is 0.121. The average molecular weight is 507 g/mol. The van der Waals surface area contributed by atoms with Crippen LogP contribution in [0.25, 0.3) is 22.3 Å². The molecule has 6 nitrogen and oxygen atoms in total. The number of hydrogen-bond donors (Lipinski definition) is 1. The lowest BCUT2D eigenvalue weighted by atomic mass is 10.2. The van der Waals surface area contributed by atoms with Crippen molar-refractivity contribution in [2.75, 3.05) is 16.8 Å². The molecule has 0 radical (unpaired) electrons. The molecule has 9 heteroatoms. The lowest BCUT2D eigenvalue weighted by molar-refractivity contribution is -0.117. The van der Waals surface area contributed by atoms with Crippen LogP contribution in [0.5, 0.6) is 0 Å². The molecule has 1 aliphatic rings. The molecule has 0 unspecified atom stereocenters. The van der Waals surface area contributed by atoms with E-state index in [-0.39, 0.29) is 11.6 Å². The van der Waals surface area contributed by atoms with E-state index < -0.39 is 11.7 Å². The van der Waals surface area contributed by atoms with Gasteiger partial charge in [-0.3, -0.25) is 9.59 Å². The van der Waals surface area contributed by atoms with Crippen LogP contribution < -0.4 is 10.2 Å². The second-order valence-electron chi connectivity index (χ2n) is 7.95. The maximum atomic E-state index is 14.3. The molecule has 1 fully saturated rings. The molecule has 0 spiro atoms. The molecule has 176 valence electrons. The Balaban J connectivity index is 1.39. The van der Waals surface area contributed by atoms with Crippen LogP contribution in [0.1, 0.15) is 18.4 Å². The van der Waals surface area contributed by atoms with E-state index >= 15 is 0 Å². The molecule has 1 N–H and O–H groups in total. The number of rotatable bonds is 6. The lowest BCUT2D eigenvalue weighted by Gasteiger charge is -2.17. The highest BCUT2D eigenvalue weighted by atomic mass is 35.5. The Morgan fingerprint density at radius 2 is 1.97 bits per heavy atom. The number of nitrogens with one attached hydrogen (secondary N) is 1. The van der Waals surface area contributed by atoms with Crippen molar-refractivity contribution in [1.82, 2.24) is 9.78 Å². The summed E-state index contributed by atoms with van der Waals surface area (Å²) in [6.07, 6.45) is 6.00. The van der Waals surface area contributed by atoms with Gasteiger partial charge < -0.3 is 10.2 Å². The molecule has 1 saturated heterocycles. The topological polar surface area (TPSA) is 67.2 Å². The third kappa shape index (κ3) is 5.03. The van der Waals surface area contributed by atoms with Crippen molar-refractivity contribution in [3.63, 3.8) is 0 Å². The molecule has 0 atom stereocenters. The van der Waals surface area contributed by atoms with Crippen molar-refractivity contribution in [3.05, 3.63) is 88.7 Å². The van der Waals surface area contributed by atoms with Crippen molar-refractivity contribution < 1.29 is 14.0 Å². The Kier molecular flexibility index (Phi) is 6.48. The smallest absolute Gasteiger partial charge is 0.248 e. The molecule has 2 aromatic carbocycles. The van der Waals surface area contributed by atoms with Crippen LogP contribution in [0.3, 0.4) is 0 Å². The van der Waals surface area contributed by atoms with Crippen LogP contribution in [-0.2, 0) is 9.59 Å². The van der Waals surface area contributed by atoms with Gasteiger partial charge in [-0.25, -0.2) is 9.07 Å². The zero-order valence-corrected chi connectivity index (χ0v) is 20.0. The van der Waals surface area contributed by atoms with Gasteiger partial charge in [-0.1, -0.05) is 29.8 Å². The summed E-state index contributed by atoms with van der Waals surface area (Å²) in [5, 5.41) is 7.45.